The van der Waals surface area contributed by atoms with Gasteiger partial charge in [-0.2, -0.15) is 0 Å². The predicted molar refractivity (Wildman–Crippen MR) is 75.6 cm³/mol. The predicted octanol–water partition coefficient (Wildman–Crippen LogP) is 3.04. The van der Waals surface area contributed by atoms with E-state index >= 15 is 0 Å². The average Bonchev–Trinajstić information content (AvgIpc) is 2.32. The molecule has 0 aliphatic heterocycles. The van der Waals surface area contributed by atoms with Crippen molar-refractivity contribution in [3.63, 3.8) is 0 Å². The van der Waals surface area contributed by atoms with Crippen molar-refractivity contribution in [1.29, 1.82) is 0 Å². The Labute approximate surface area is 114 Å². The number of nitrogens with one attached hydrogen (secondary N) is 1. The molecule has 4 heteroatoms. The lowest BCUT2D eigenvalue weighted by Crippen LogP contribution is -2.30. The summed E-state index contributed by atoms with van der Waals surface area (Å²) in [5, 5.41) is 4.08. The van der Waals surface area contributed by atoms with Crippen LogP contribution in [-0.4, -0.2) is 32.9 Å². The molecule has 0 aromatic heterocycles. The fourth-order valence-electron chi connectivity index (χ4n) is 1.65. The quantitative estimate of drug-likeness (QED) is 0.737. The van der Waals surface area contributed by atoms with Gasteiger partial charge in [-0.3, -0.25) is 0 Å². The number of ether oxygens (including phenoxy) is 2. The average molecular weight is 272 g/mol. The number of aryl methyl sites for hydroxylation is 1. The van der Waals surface area contributed by atoms with E-state index in [1.54, 1.807) is 7.11 Å². The lowest BCUT2D eigenvalue weighted by atomic mass is 10.2. The first-order valence-electron chi connectivity index (χ1n) is 6.26. The van der Waals surface area contributed by atoms with Crippen molar-refractivity contribution in [1.82, 2.24) is 5.32 Å². The van der Waals surface area contributed by atoms with Crippen molar-refractivity contribution >= 4 is 11.6 Å². The molecule has 1 rings (SSSR count). The van der Waals surface area contributed by atoms with Gasteiger partial charge in [0.05, 0.1) is 0 Å². The largest absolute Gasteiger partial charge is 0.489 e. The second-order valence-corrected chi connectivity index (χ2v) is 4.83. The molecule has 0 bridgehead atoms. The third-order valence-corrected chi connectivity index (χ3v) is 2.83. The SMILES string of the molecule is COCCCNCC(C)Oc1ccc(Cl)cc1C. The highest BCUT2D eigenvalue weighted by atomic mass is 35.5. The number of rotatable bonds is 8. The van der Waals surface area contributed by atoms with Crippen LogP contribution in [0.5, 0.6) is 5.75 Å². The third kappa shape index (κ3) is 5.71. The van der Waals surface area contributed by atoms with Gasteiger partial charge >= 0.3 is 0 Å². The maximum Gasteiger partial charge on any atom is 0.122 e. The summed E-state index contributed by atoms with van der Waals surface area (Å²) in [4.78, 5) is 0. The Morgan fingerprint density at radius 3 is 2.83 bits per heavy atom. The Bertz CT molecular complexity index is 358. The summed E-state index contributed by atoms with van der Waals surface area (Å²) in [5.41, 5.74) is 1.06. The maximum absolute atomic E-state index is 5.91. The Balaban J connectivity index is 2.28. The molecule has 0 saturated carbocycles. The van der Waals surface area contributed by atoms with E-state index in [1.807, 2.05) is 25.1 Å². The summed E-state index contributed by atoms with van der Waals surface area (Å²) < 4.78 is 10.8. The second-order valence-electron chi connectivity index (χ2n) is 4.39. The van der Waals surface area contributed by atoms with Crippen molar-refractivity contribution in [2.24, 2.45) is 0 Å². The second kappa shape index (κ2) is 8.35. The smallest absolute Gasteiger partial charge is 0.122 e. The van der Waals surface area contributed by atoms with Gasteiger partial charge in [0, 0.05) is 25.3 Å². The molecule has 0 aliphatic rings. The van der Waals surface area contributed by atoms with E-state index in [0.29, 0.717) is 0 Å². The standard InChI is InChI=1S/C14H22ClNO2/c1-11-9-13(15)5-6-14(11)18-12(2)10-16-7-4-8-17-3/h5-6,9,12,16H,4,7-8,10H2,1-3H3. The van der Waals surface area contributed by atoms with Gasteiger partial charge in [-0.25, -0.2) is 0 Å². The van der Waals surface area contributed by atoms with Crippen LogP contribution in [0.15, 0.2) is 18.2 Å². The molecule has 1 unspecified atom stereocenters. The summed E-state index contributed by atoms with van der Waals surface area (Å²) in [6, 6.07) is 5.68. The van der Waals surface area contributed by atoms with Crippen LogP contribution < -0.4 is 10.1 Å². The zero-order chi connectivity index (χ0) is 13.4. The van der Waals surface area contributed by atoms with E-state index in [1.165, 1.54) is 0 Å². The molecule has 0 aliphatic carbocycles. The van der Waals surface area contributed by atoms with E-state index in [-0.39, 0.29) is 6.10 Å². The minimum absolute atomic E-state index is 0.132. The van der Waals surface area contributed by atoms with Gasteiger partial charge in [0.1, 0.15) is 11.9 Å². The Hall–Kier alpha value is -0.770. The summed E-state index contributed by atoms with van der Waals surface area (Å²) >= 11 is 5.91. The van der Waals surface area contributed by atoms with Gasteiger partial charge in [-0.15, -0.1) is 0 Å². The lowest BCUT2D eigenvalue weighted by Gasteiger charge is -2.17. The van der Waals surface area contributed by atoms with Crippen molar-refractivity contribution in [2.75, 3.05) is 26.8 Å². The van der Waals surface area contributed by atoms with Crippen LogP contribution in [0, 0.1) is 6.92 Å². The molecule has 0 amide bonds. The summed E-state index contributed by atoms with van der Waals surface area (Å²) in [6.07, 6.45) is 1.15. The van der Waals surface area contributed by atoms with Crippen LogP contribution >= 0.6 is 11.6 Å². The number of benzene rings is 1. The minimum Gasteiger partial charge on any atom is -0.489 e. The van der Waals surface area contributed by atoms with Gasteiger partial charge in [0.15, 0.2) is 0 Å². The normalized spacial score (nSPS) is 12.4. The van der Waals surface area contributed by atoms with Crippen molar-refractivity contribution in [3.8, 4) is 5.75 Å². The highest BCUT2D eigenvalue weighted by molar-refractivity contribution is 6.30. The molecule has 0 heterocycles. The first-order chi connectivity index (χ1) is 8.63. The molecule has 18 heavy (non-hydrogen) atoms. The van der Waals surface area contributed by atoms with E-state index < -0.39 is 0 Å². The Morgan fingerprint density at radius 1 is 1.39 bits per heavy atom. The molecule has 0 fully saturated rings. The zero-order valence-electron chi connectivity index (χ0n) is 11.3. The van der Waals surface area contributed by atoms with Gasteiger partial charge < -0.3 is 14.8 Å². The highest BCUT2D eigenvalue weighted by Gasteiger charge is 2.06. The Morgan fingerprint density at radius 2 is 2.17 bits per heavy atom. The van der Waals surface area contributed by atoms with E-state index in [9.17, 15) is 0 Å². The first-order valence-corrected chi connectivity index (χ1v) is 6.63. The van der Waals surface area contributed by atoms with Crippen molar-refractivity contribution in [2.45, 2.75) is 26.4 Å². The number of hydrogen-bond donors (Lipinski definition) is 1. The maximum atomic E-state index is 5.91. The van der Waals surface area contributed by atoms with Crippen LogP contribution in [0.4, 0.5) is 0 Å². The lowest BCUT2D eigenvalue weighted by molar-refractivity contribution is 0.188. The van der Waals surface area contributed by atoms with E-state index in [4.69, 9.17) is 21.1 Å². The number of methoxy groups -OCH3 is 1. The molecule has 0 radical (unpaired) electrons. The van der Waals surface area contributed by atoms with Gasteiger partial charge in [-0.1, -0.05) is 11.6 Å². The van der Waals surface area contributed by atoms with E-state index in [2.05, 4.69) is 12.2 Å². The molecule has 1 aromatic rings. The minimum atomic E-state index is 0.132. The van der Waals surface area contributed by atoms with Crippen LogP contribution in [0.2, 0.25) is 5.02 Å². The van der Waals surface area contributed by atoms with Crippen LogP contribution in [-0.2, 0) is 4.74 Å². The third-order valence-electron chi connectivity index (χ3n) is 2.60. The van der Waals surface area contributed by atoms with Gasteiger partial charge in [-0.05, 0) is 50.6 Å². The summed E-state index contributed by atoms with van der Waals surface area (Å²) in [6.45, 7) is 6.61. The molecule has 3 nitrogen and oxygen atoms in total. The molecular formula is C14H22ClNO2. The van der Waals surface area contributed by atoms with E-state index in [0.717, 1.165) is 42.5 Å². The molecule has 0 spiro atoms. The number of hydrogen-bond acceptors (Lipinski definition) is 3. The zero-order valence-corrected chi connectivity index (χ0v) is 12.1. The van der Waals surface area contributed by atoms with Crippen LogP contribution in [0.1, 0.15) is 18.9 Å². The van der Waals surface area contributed by atoms with Crippen LogP contribution in [0.25, 0.3) is 0 Å². The molecule has 102 valence electrons. The molecule has 1 N–H and O–H groups in total. The summed E-state index contributed by atoms with van der Waals surface area (Å²) in [5.74, 6) is 0.894. The molecule has 1 atom stereocenters. The Kier molecular flexibility index (Phi) is 7.09. The summed E-state index contributed by atoms with van der Waals surface area (Å²) in [7, 11) is 1.72. The monoisotopic (exact) mass is 271 g/mol. The van der Waals surface area contributed by atoms with Gasteiger partial charge in [0.25, 0.3) is 0 Å². The van der Waals surface area contributed by atoms with Crippen molar-refractivity contribution in [3.05, 3.63) is 28.8 Å². The van der Waals surface area contributed by atoms with Crippen molar-refractivity contribution < 1.29 is 9.47 Å². The van der Waals surface area contributed by atoms with Gasteiger partial charge in [0.2, 0.25) is 0 Å². The highest BCUT2D eigenvalue weighted by Crippen LogP contribution is 2.22. The fourth-order valence-corrected chi connectivity index (χ4v) is 1.88. The molecular weight excluding hydrogens is 250 g/mol. The molecule has 1 aromatic carbocycles. The topological polar surface area (TPSA) is 30.5 Å². The number of halogens is 1. The fraction of sp³-hybridized carbons (Fsp3) is 0.571. The molecule has 0 saturated heterocycles. The first kappa shape index (κ1) is 15.3. The van der Waals surface area contributed by atoms with Crippen LogP contribution in [0.3, 0.4) is 0 Å².